The maximum absolute atomic E-state index is 2.44. The predicted molar refractivity (Wildman–Crippen MR) is 82.0 cm³/mol. The normalized spacial score (nSPS) is 22.1. The van der Waals surface area contributed by atoms with E-state index >= 15 is 0 Å². The topological polar surface area (TPSA) is 0 Å². The Labute approximate surface area is 170 Å². The van der Waals surface area contributed by atoms with E-state index in [-0.39, 0.29) is 39.4 Å². The molecule has 115 valence electrons. The molecule has 0 aliphatic heterocycles. The molecule has 1 aromatic rings. The van der Waals surface area contributed by atoms with Crippen molar-refractivity contribution < 1.29 is 58.3 Å². The van der Waals surface area contributed by atoms with Gasteiger partial charge in [-0.05, 0) is 0 Å². The minimum atomic E-state index is 0. The van der Waals surface area contributed by atoms with E-state index in [2.05, 4.69) is 65.0 Å². The number of halogens is 2. The smallest absolute Gasteiger partial charge is 1.00 e. The van der Waals surface area contributed by atoms with Crippen molar-refractivity contribution in [2.75, 3.05) is 0 Å². The van der Waals surface area contributed by atoms with Crippen molar-refractivity contribution in [2.45, 2.75) is 38.3 Å². The zero-order chi connectivity index (χ0) is 14.7. The van der Waals surface area contributed by atoms with Crippen LogP contribution in [0, 0.1) is 5.41 Å². The first-order valence-corrected chi connectivity index (χ1v) is 9.34. The standard InChI is InChI=1S/C19H21.2BrH.Hf/c1-12-13(2)18(19(4,5)14(12)3)17-10-15-8-6-7-9-16(15)11-17;;;/h6-11H,1-5H3;2*1H;/q;;;+2/p-2. The van der Waals surface area contributed by atoms with Gasteiger partial charge < -0.3 is 34.0 Å². The molecule has 1 aromatic carbocycles. The molecule has 0 fully saturated rings. The second kappa shape index (κ2) is 7.03. The number of benzene rings is 1. The van der Waals surface area contributed by atoms with E-state index in [0.29, 0.717) is 3.67 Å². The van der Waals surface area contributed by atoms with Gasteiger partial charge in [-0.15, -0.1) is 0 Å². The summed E-state index contributed by atoms with van der Waals surface area (Å²) in [5.74, 6) is 0. The minimum absolute atomic E-state index is 0. The van der Waals surface area contributed by atoms with Crippen LogP contribution in [0.2, 0.25) is 0 Å². The molecule has 0 saturated heterocycles. The Kier molecular flexibility index (Phi) is 6.49. The molecule has 3 heteroatoms. The zero-order valence-electron chi connectivity index (χ0n) is 13.7. The largest absolute Gasteiger partial charge is 1.00 e. The first-order valence-electron chi connectivity index (χ1n) is 7.27. The quantitative estimate of drug-likeness (QED) is 0.385. The van der Waals surface area contributed by atoms with E-state index in [9.17, 15) is 0 Å². The van der Waals surface area contributed by atoms with Crippen LogP contribution >= 0.6 is 0 Å². The van der Waals surface area contributed by atoms with Crippen molar-refractivity contribution in [3.05, 3.63) is 63.3 Å². The molecule has 0 aromatic heterocycles. The Balaban J connectivity index is 0.00000121. The molecule has 2 aliphatic rings. The van der Waals surface area contributed by atoms with Crippen molar-refractivity contribution in [3.8, 4) is 0 Å². The van der Waals surface area contributed by atoms with Gasteiger partial charge in [0.25, 0.3) is 0 Å². The molecule has 0 nitrogen and oxygen atoms in total. The first kappa shape index (κ1) is 20.3. The van der Waals surface area contributed by atoms with Gasteiger partial charge in [0.2, 0.25) is 0 Å². The summed E-state index contributed by atoms with van der Waals surface area (Å²) in [4.78, 5) is 0. The molecular formula is C19H21Br2Hf. The molecule has 0 N–H and O–H groups in total. The van der Waals surface area contributed by atoms with Crippen LogP contribution in [0.25, 0.3) is 6.08 Å². The monoisotopic (exact) mass is 587 g/mol. The van der Waals surface area contributed by atoms with Gasteiger partial charge >= 0.3 is 137 Å². The summed E-state index contributed by atoms with van der Waals surface area (Å²) in [7, 11) is 0. The summed E-state index contributed by atoms with van der Waals surface area (Å²) in [6.07, 6.45) is 2.44. The molecule has 0 bridgehead atoms. The van der Waals surface area contributed by atoms with Gasteiger partial charge in [-0.1, -0.05) is 0 Å². The summed E-state index contributed by atoms with van der Waals surface area (Å²) < 4.78 is 0.647. The van der Waals surface area contributed by atoms with Crippen molar-refractivity contribution in [1.29, 1.82) is 0 Å². The van der Waals surface area contributed by atoms with Gasteiger partial charge in [0.15, 0.2) is 0 Å². The molecule has 0 radical (unpaired) electrons. The van der Waals surface area contributed by atoms with Gasteiger partial charge in [-0.3, -0.25) is 0 Å². The number of allylic oxidation sites excluding steroid dienone is 5. The van der Waals surface area contributed by atoms with E-state index in [0.717, 1.165) is 0 Å². The average Bonchev–Trinajstić information content (AvgIpc) is 2.81. The summed E-state index contributed by atoms with van der Waals surface area (Å²) in [5.41, 5.74) is 10.9. The van der Waals surface area contributed by atoms with Crippen molar-refractivity contribution in [1.82, 2.24) is 0 Å². The SMILES string of the molecule is CC1=C(C)C(C)(C)C(C2=Cc3ccccc3[CH]2[Hf+2])=C1C.[Br-].[Br-]. The van der Waals surface area contributed by atoms with Crippen LogP contribution < -0.4 is 34.0 Å². The fourth-order valence-corrected chi connectivity index (χ4v) is 5.47. The fourth-order valence-electron chi connectivity index (χ4n) is 3.71. The average molecular weight is 588 g/mol. The van der Waals surface area contributed by atoms with Crippen LogP contribution in [-0.2, 0) is 24.4 Å². The van der Waals surface area contributed by atoms with Gasteiger partial charge in [0, 0.05) is 0 Å². The predicted octanol–water partition coefficient (Wildman–Crippen LogP) is -0.628. The molecular weight excluding hydrogens is 567 g/mol. The van der Waals surface area contributed by atoms with E-state index < -0.39 is 0 Å². The molecule has 0 saturated carbocycles. The third kappa shape index (κ3) is 2.86. The maximum atomic E-state index is 2.44. The van der Waals surface area contributed by atoms with E-state index in [1.807, 2.05) is 0 Å². The van der Waals surface area contributed by atoms with Crippen LogP contribution in [0.15, 0.2) is 52.1 Å². The molecule has 3 rings (SSSR count). The summed E-state index contributed by atoms with van der Waals surface area (Å²) in [5, 5.41) is 0. The molecule has 0 heterocycles. The van der Waals surface area contributed by atoms with Crippen molar-refractivity contribution in [2.24, 2.45) is 5.41 Å². The summed E-state index contributed by atoms with van der Waals surface area (Å²) in [6.45, 7) is 11.7. The van der Waals surface area contributed by atoms with Crippen LogP contribution in [0.1, 0.15) is 49.4 Å². The Morgan fingerprint density at radius 3 is 2.05 bits per heavy atom. The number of hydrogen-bond acceptors (Lipinski definition) is 0. The molecule has 1 atom stereocenters. The van der Waals surface area contributed by atoms with Gasteiger partial charge in [-0.25, -0.2) is 0 Å². The zero-order valence-corrected chi connectivity index (χ0v) is 20.5. The second-order valence-electron chi connectivity index (χ2n) is 6.54. The maximum Gasteiger partial charge on any atom is -1.00 e. The van der Waals surface area contributed by atoms with Gasteiger partial charge in [0.1, 0.15) is 0 Å². The number of rotatable bonds is 1. The molecule has 1 unspecified atom stereocenters. The molecule has 0 spiro atoms. The Bertz CT molecular complexity index is 693. The van der Waals surface area contributed by atoms with E-state index in [4.69, 9.17) is 0 Å². The second-order valence-corrected chi connectivity index (χ2v) is 8.61. The third-order valence-electron chi connectivity index (χ3n) is 5.28. The Morgan fingerprint density at radius 2 is 1.55 bits per heavy atom. The Hall–Kier alpha value is 0.270. The van der Waals surface area contributed by atoms with Crippen LogP contribution in [0.4, 0.5) is 0 Å². The summed E-state index contributed by atoms with van der Waals surface area (Å²) >= 11 is 1.18. The number of fused-ring (bicyclic) bond motifs is 1. The van der Waals surface area contributed by atoms with E-state index in [1.165, 1.54) is 52.2 Å². The Morgan fingerprint density at radius 1 is 0.955 bits per heavy atom. The fraction of sp³-hybridized carbons (Fsp3) is 0.368. The van der Waals surface area contributed by atoms with Crippen LogP contribution in [-0.4, -0.2) is 0 Å². The van der Waals surface area contributed by atoms with Gasteiger partial charge in [0.05, 0.1) is 0 Å². The van der Waals surface area contributed by atoms with Crippen LogP contribution in [0.5, 0.6) is 0 Å². The molecule has 22 heavy (non-hydrogen) atoms. The van der Waals surface area contributed by atoms with Crippen LogP contribution in [0.3, 0.4) is 0 Å². The molecule has 0 amide bonds. The summed E-state index contributed by atoms with van der Waals surface area (Å²) in [6, 6.07) is 8.90. The van der Waals surface area contributed by atoms with Crippen molar-refractivity contribution >= 4 is 6.08 Å². The first-order chi connectivity index (χ1) is 9.35. The van der Waals surface area contributed by atoms with E-state index in [1.54, 1.807) is 11.1 Å². The van der Waals surface area contributed by atoms with Crippen molar-refractivity contribution in [3.63, 3.8) is 0 Å². The van der Waals surface area contributed by atoms with Gasteiger partial charge in [-0.2, -0.15) is 0 Å². The minimum Gasteiger partial charge on any atom is -1.00 e. The molecule has 2 aliphatic carbocycles. The third-order valence-corrected chi connectivity index (χ3v) is 7.51. The number of hydrogen-bond donors (Lipinski definition) is 0.